The highest BCUT2D eigenvalue weighted by Crippen LogP contribution is 2.51. The molecule has 0 bridgehead atoms. The first-order valence-corrected chi connectivity index (χ1v) is 11.8. The molecule has 3 aromatic carbocycles. The van der Waals surface area contributed by atoms with Gasteiger partial charge in [0.1, 0.15) is 24.2 Å². The fraction of sp³-hybridized carbons (Fsp3) is 0.214. The summed E-state index contributed by atoms with van der Waals surface area (Å²) < 4.78 is 30.8. The van der Waals surface area contributed by atoms with Crippen molar-refractivity contribution in [2.75, 3.05) is 33.8 Å². The molecule has 9 nitrogen and oxygen atoms in total. The molecule has 3 heterocycles. The van der Waals surface area contributed by atoms with Crippen molar-refractivity contribution >= 4 is 11.6 Å². The molecule has 1 aromatic heterocycles. The molecule has 0 saturated carbocycles. The van der Waals surface area contributed by atoms with Crippen molar-refractivity contribution in [3.63, 3.8) is 0 Å². The van der Waals surface area contributed by atoms with Gasteiger partial charge in [-0.25, -0.2) is 4.68 Å². The van der Waals surface area contributed by atoms with Crippen LogP contribution in [-0.4, -0.2) is 43.2 Å². The lowest BCUT2D eigenvalue weighted by Crippen LogP contribution is -2.32. The Morgan fingerprint density at radius 3 is 2.14 bits per heavy atom. The van der Waals surface area contributed by atoms with Crippen LogP contribution in [0.15, 0.2) is 72.6 Å². The summed E-state index contributed by atoms with van der Waals surface area (Å²) in [5.74, 6) is 3.96. The van der Waals surface area contributed by atoms with E-state index in [1.165, 1.54) is 0 Å². The zero-order valence-corrected chi connectivity index (χ0v) is 20.9. The van der Waals surface area contributed by atoms with Gasteiger partial charge >= 0.3 is 0 Å². The van der Waals surface area contributed by atoms with Gasteiger partial charge in [-0.15, -0.1) is 0 Å². The predicted octanol–water partition coefficient (Wildman–Crippen LogP) is 4.87. The summed E-state index contributed by atoms with van der Waals surface area (Å²) >= 11 is 0. The van der Waals surface area contributed by atoms with Gasteiger partial charge in [-0.05, 0) is 42.0 Å². The van der Waals surface area contributed by atoms with Crippen LogP contribution in [0.2, 0.25) is 0 Å². The van der Waals surface area contributed by atoms with Crippen molar-refractivity contribution < 1.29 is 23.7 Å². The molecule has 2 atom stereocenters. The topological polar surface area (TPSA) is 88.9 Å². The molecule has 0 spiro atoms. The summed E-state index contributed by atoms with van der Waals surface area (Å²) in [6.45, 7) is 0. The van der Waals surface area contributed by atoms with Crippen LogP contribution in [0.1, 0.15) is 28.8 Å². The predicted molar refractivity (Wildman–Crippen MR) is 138 cm³/mol. The van der Waals surface area contributed by atoms with Crippen molar-refractivity contribution in [2.24, 2.45) is 0 Å². The zero-order valence-electron chi connectivity index (χ0n) is 20.9. The monoisotopic (exact) mass is 498 g/mol. The number of rotatable bonds is 6. The van der Waals surface area contributed by atoms with Crippen LogP contribution in [0.4, 0.5) is 5.95 Å². The number of para-hydroxylation sites is 1. The SMILES string of the molecule is COc1ccc(C2Oc3ccccc3C3=C2C(c2ccc(OC)c(OC)c2)n2ncnc2N3)cc1OC. The number of fused-ring (bicyclic) bond motifs is 3. The van der Waals surface area contributed by atoms with E-state index in [9.17, 15) is 0 Å². The molecule has 0 radical (unpaired) electrons. The van der Waals surface area contributed by atoms with Crippen LogP contribution in [0.5, 0.6) is 28.7 Å². The molecule has 2 aliphatic heterocycles. The van der Waals surface area contributed by atoms with Crippen LogP contribution in [-0.2, 0) is 0 Å². The third-order valence-electron chi connectivity index (χ3n) is 6.76. The first-order valence-electron chi connectivity index (χ1n) is 11.8. The molecule has 2 aliphatic rings. The minimum absolute atomic E-state index is 0.333. The van der Waals surface area contributed by atoms with Crippen molar-refractivity contribution in [1.82, 2.24) is 14.8 Å². The molecule has 6 rings (SSSR count). The molecular formula is C28H26N4O5. The second-order valence-corrected chi connectivity index (χ2v) is 8.61. The van der Waals surface area contributed by atoms with Gasteiger partial charge in [0.15, 0.2) is 23.0 Å². The van der Waals surface area contributed by atoms with E-state index in [0.717, 1.165) is 33.7 Å². The van der Waals surface area contributed by atoms with E-state index in [2.05, 4.69) is 15.4 Å². The largest absolute Gasteiger partial charge is 0.493 e. The van der Waals surface area contributed by atoms with Crippen LogP contribution >= 0.6 is 0 Å². The Balaban J connectivity index is 1.60. The number of nitrogens with one attached hydrogen (secondary N) is 1. The Hall–Kier alpha value is -4.66. The van der Waals surface area contributed by atoms with E-state index in [0.29, 0.717) is 28.9 Å². The third kappa shape index (κ3) is 3.62. The number of hydrogen-bond donors (Lipinski definition) is 1. The Kier molecular flexibility index (Phi) is 5.60. The van der Waals surface area contributed by atoms with Gasteiger partial charge in [0.05, 0.1) is 34.1 Å². The van der Waals surface area contributed by atoms with Gasteiger partial charge in [0.2, 0.25) is 5.95 Å². The summed E-state index contributed by atoms with van der Waals surface area (Å²) in [4.78, 5) is 4.49. The lowest BCUT2D eigenvalue weighted by atomic mass is 9.84. The lowest BCUT2D eigenvalue weighted by molar-refractivity contribution is 0.222. The molecule has 37 heavy (non-hydrogen) atoms. The number of anilines is 1. The normalized spacial score (nSPS) is 17.5. The van der Waals surface area contributed by atoms with Crippen molar-refractivity contribution in [3.05, 3.63) is 89.3 Å². The first-order chi connectivity index (χ1) is 18.2. The number of hydrogen-bond acceptors (Lipinski definition) is 8. The van der Waals surface area contributed by atoms with Crippen LogP contribution < -0.4 is 29.0 Å². The molecule has 188 valence electrons. The summed E-state index contributed by atoms with van der Waals surface area (Å²) in [6.07, 6.45) is 1.10. The molecule has 0 amide bonds. The molecule has 0 saturated heterocycles. The summed E-state index contributed by atoms with van der Waals surface area (Å²) in [5, 5.41) is 8.10. The van der Waals surface area contributed by atoms with E-state index in [4.69, 9.17) is 23.7 Å². The molecule has 1 N–H and O–H groups in total. The second kappa shape index (κ2) is 9.09. The number of ether oxygens (including phenoxy) is 5. The number of benzene rings is 3. The highest BCUT2D eigenvalue weighted by atomic mass is 16.5. The van der Waals surface area contributed by atoms with Gasteiger partial charge in [0.25, 0.3) is 0 Å². The zero-order chi connectivity index (χ0) is 25.5. The second-order valence-electron chi connectivity index (χ2n) is 8.61. The summed E-state index contributed by atoms with van der Waals surface area (Å²) in [7, 11) is 6.49. The minimum Gasteiger partial charge on any atom is -0.493 e. The fourth-order valence-corrected chi connectivity index (χ4v) is 5.05. The molecule has 2 unspecified atom stereocenters. The van der Waals surface area contributed by atoms with Crippen LogP contribution in [0.25, 0.3) is 5.70 Å². The third-order valence-corrected chi connectivity index (χ3v) is 6.76. The Morgan fingerprint density at radius 2 is 1.43 bits per heavy atom. The Morgan fingerprint density at radius 1 is 0.784 bits per heavy atom. The smallest absolute Gasteiger partial charge is 0.226 e. The molecule has 9 heteroatoms. The number of methoxy groups -OCH3 is 4. The van der Waals surface area contributed by atoms with Crippen molar-refractivity contribution in [1.29, 1.82) is 0 Å². The van der Waals surface area contributed by atoms with E-state index in [-0.39, 0.29) is 6.04 Å². The van der Waals surface area contributed by atoms with Gasteiger partial charge in [-0.2, -0.15) is 10.1 Å². The van der Waals surface area contributed by atoms with E-state index >= 15 is 0 Å². The van der Waals surface area contributed by atoms with Gasteiger partial charge < -0.3 is 29.0 Å². The van der Waals surface area contributed by atoms with Crippen molar-refractivity contribution in [2.45, 2.75) is 12.1 Å². The molecule has 0 fully saturated rings. The molecule has 4 aromatic rings. The maximum atomic E-state index is 6.69. The highest BCUT2D eigenvalue weighted by molar-refractivity contribution is 5.85. The minimum atomic E-state index is -0.451. The van der Waals surface area contributed by atoms with E-state index in [1.807, 2.05) is 65.3 Å². The Labute approximate surface area is 214 Å². The van der Waals surface area contributed by atoms with Gasteiger partial charge in [-0.3, -0.25) is 0 Å². The van der Waals surface area contributed by atoms with Gasteiger partial charge in [0, 0.05) is 16.7 Å². The summed E-state index contributed by atoms with van der Waals surface area (Å²) in [5.41, 5.74) is 4.73. The fourth-order valence-electron chi connectivity index (χ4n) is 5.05. The highest BCUT2D eigenvalue weighted by Gasteiger charge is 2.41. The standard InChI is InChI=1S/C28H26N4O5/c1-33-20-11-9-16(13-22(20)35-3)26-24-25(31-28-29-15-30-32(26)28)18-7-5-6-8-19(18)37-27(24)17-10-12-21(34-2)23(14-17)36-4/h5-15,26-27H,1-4H3,(H,29,30,31). The summed E-state index contributed by atoms with van der Waals surface area (Å²) in [6, 6.07) is 19.4. The maximum Gasteiger partial charge on any atom is 0.226 e. The van der Waals surface area contributed by atoms with Crippen molar-refractivity contribution in [3.8, 4) is 28.7 Å². The maximum absolute atomic E-state index is 6.69. The average molecular weight is 499 g/mol. The first kappa shape index (κ1) is 22.8. The van der Waals surface area contributed by atoms with Crippen LogP contribution in [0, 0.1) is 0 Å². The van der Waals surface area contributed by atoms with Gasteiger partial charge in [-0.1, -0.05) is 24.3 Å². The van der Waals surface area contributed by atoms with E-state index in [1.54, 1.807) is 34.8 Å². The number of aromatic nitrogens is 3. The quantitative estimate of drug-likeness (QED) is 0.403. The average Bonchev–Trinajstić information content (AvgIpc) is 3.43. The lowest BCUT2D eigenvalue weighted by Gasteiger charge is -2.39. The number of nitrogens with zero attached hydrogens (tertiary/aromatic N) is 3. The molecular weight excluding hydrogens is 472 g/mol. The Bertz CT molecular complexity index is 1510. The van der Waals surface area contributed by atoms with Crippen LogP contribution in [0.3, 0.4) is 0 Å². The van der Waals surface area contributed by atoms with E-state index < -0.39 is 6.10 Å². The molecule has 0 aliphatic carbocycles.